The maximum absolute atomic E-state index is 13.0. The van der Waals surface area contributed by atoms with Gasteiger partial charge in [-0.1, -0.05) is 0 Å². The third-order valence-electron chi connectivity index (χ3n) is 2.40. The van der Waals surface area contributed by atoms with Crippen LogP contribution in [0.3, 0.4) is 0 Å². The molecule has 0 saturated carbocycles. The van der Waals surface area contributed by atoms with E-state index in [1.807, 2.05) is 6.07 Å². The van der Waals surface area contributed by atoms with Crippen LogP contribution in [0.5, 0.6) is 0 Å². The molecule has 2 aromatic rings. The molecule has 0 aliphatic carbocycles. The predicted octanol–water partition coefficient (Wildman–Crippen LogP) is 2.40. The van der Waals surface area contributed by atoms with Crippen LogP contribution in [0.15, 0.2) is 30.3 Å². The molecule has 0 radical (unpaired) electrons. The van der Waals surface area contributed by atoms with Gasteiger partial charge in [-0.3, -0.25) is 0 Å². The Morgan fingerprint density at radius 2 is 1.83 bits per heavy atom. The molecule has 3 nitrogen and oxygen atoms in total. The highest BCUT2D eigenvalue weighted by Crippen LogP contribution is 2.14. The molecule has 0 aliphatic heterocycles. The lowest BCUT2D eigenvalue weighted by Gasteiger charge is -2.04. The van der Waals surface area contributed by atoms with Crippen molar-refractivity contribution in [3.05, 3.63) is 58.9 Å². The van der Waals surface area contributed by atoms with Gasteiger partial charge in [-0.25, -0.2) is 13.8 Å². The number of anilines is 1. The molecule has 1 aromatic heterocycles. The molecule has 0 atom stereocenters. The molecule has 5 heteroatoms. The van der Waals surface area contributed by atoms with E-state index >= 15 is 0 Å². The van der Waals surface area contributed by atoms with Crippen molar-refractivity contribution < 1.29 is 8.78 Å². The maximum atomic E-state index is 13.0. The van der Waals surface area contributed by atoms with Crippen LogP contribution in [0.4, 0.5) is 14.5 Å². The standard InChI is InChI=1S/C13H9F2N3/c14-9-3-8(4-10(15)6-9)5-11-1-2-12(17)13(7-16)18-11/h1-4,6H,5,17H2. The van der Waals surface area contributed by atoms with Crippen LogP contribution in [0.25, 0.3) is 0 Å². The molecule has 0 spiro atoms. The maximum Gasteiger partial charge on any atom is 0.163 e. The van der Waals surface area contributed by atoms with Gasteiger partial charge in [0.05, 0.1) is 5.69 Å². The fraction of sp³-hybridized carbons (Fsp3) is 0.0769. The number of aromatic nitrogens is 1. The summed E-state index contributed by atoms with van der Waals surface area (Å²) in [6.07, 6.45) is 0.240. The first-order valence-corrected chi connectivity index (χ1v) is 5.19. The van der Waals surface area contributed by atoms with Crippen molar-refractivity contribution in [3.63, 3.8) is 0 Å². The molecule has 0 aliphatic rings. The summed E-state index contributed by atoms with van der Waals surface area (Å²) in [4.78, 5) is 4.01. The number of nitrogens with two attached hydrogens (primary N) is 1. The molecule has 90 valence electrons. The normalized spacial score (nSPS) is 10.1. The first-order valence-electron chi connectivity index (χ1n) is 5.19. The van der Waals surface area contributed by atoms with E-state index in [-0.39, 0.29) is 17.8 Å². The number of benzene rings is 1. The highest BCUT2D eigenvalue weighted by Gasteiger charge is 2.05. The van der Waals surface area contributed by atoms with Gasteiger partial charge in [-0.15, -0.1) is 0 Å². The van der Waals surface area contributed by atoms with E-state index in [0.717, 1.165) is 6.07 Å². The van der Waals surface area contributed by atoms with E-state index in [1.165, 1.54) is 12.1 Å². The Morgan fingerprint density at radius 1 is 1.17 bits per heavy atom. The quantitative estimate of drug-likeness (QED) is 0.883. The van der Waals surface area contributed by atoms with Gasteiger partial charge in [0.1, 0.15) is 17.7 Å². The molecular formula is C13H9F2N3. The molecule has 0 bridgehead atoms. The second kappa shape index (κ2) is 4.80. The monoisotopic (exact) mass is 245 g/mol. The molecule has 1 heterocycles. The number of hydrogen-bond acceptors (Lipinski definition) is 3. The van der Waals surface area contributed by atoms with Gasteiger partial charge in [-0.2, -0.15) is 5.26 Å². The van der Waals surface area contributed by atoms with E-state index in [9.17, 15) is 8.78 Å². The average Bonchev–Trinajstić information content (AvgIpc) is 2.30. The molecule has 1 aromatic carbocycles. The van der Waals surface area contributed by atoms with Crippen LogP contribution < -0.4 is 5.73 Å². The molecule has 0 unspecified atom stereocenters. The van der Waals surface area contributed by atoms with E-state index < -0.39 is 11.6 Å². The first kappa shape index (κ1) is 12.0. The molecule has 0 amide bonds. The lowest BCUT2D eigenvalue weighted by molar-refractivity contribution is 0.580. The van der Waals surface area contributed by atoms with Crippen LogP contribution in [0.1, 0.15) is 17.0 Å². The van der Waals surface area contributed by atoms with E-state index in [4.69, 9.17) is 11.0 Å². The molecule has 18 heavy (non-hydrogen) atoms. The summed E-state index contributed by atoms with van der Waals surface area (Å²) in [6, 6.07) is 8.30. The minimum atomic E-state index is -0.638. The Morgan fingerprint density at radius 3 is 2.44 bits per heavy atom. The zero-order valence-corrected chi connectivity index (χ0v) is 9.32. The summed E-state index contributed by atoms with van der Waals surface area (Å²) in [7, 11) is 0. The van der Waals surface area contributed by atoms with Crippen molar-refractivity contribution in [3.8, 4) is 6.07 Å². The van der Waals surface area contributed by atoms with Crippen molar-refractivity contribution in [1.82, 2.24) is 4.98 Å². The van der Waals surface area contributed by atoms with Gasteiger partial charge in [0.15, 0.2) is 5.69 Å². The van der Waals surface area contributed by atoms with Crippen LogP contribution in [0.2, 0.25) is 0 Å². The first-order chi connectivity index (χ1) is 8.58. The SMILES string of the molecule is N#Cc1nc(Cc2cc(F)cc(F)c2)ccc1N. The zero-order valence-electron chi connectivity index (χ0n) is 9.32. The predicted molar refractivity (Wildman–Crippen MR) is 62.5 cm³/mol. The number of halogens is 2. The third-order valence-corrected chi connectivity index (χ3v) is 2.40. The summed E-state index contributed by atoms with van der Waals surface area (Å²) in [5.41, 5.74) is 6.92. The summed E-state index contributed by atoms with van der Waals surface area (Å²) >= 11 is 0. The molecule has 0 fully saturated rings. The summed E-state index contributed by atoms with van der Waals surface area (Å²) in [6.45, 7) is 0. The zero-order chi connectivity index (χ0) is 13.1. The van der Waals surface area contributed by atoms with Crippen molar-refractivity contribution in [1.29, 1.82) is 5.26 Å². The Labute approximate surface area is 103 Å². The van der Waals surface area contributed by atoms with Crippen LogP contribution >= 0.6 is 0 Å². The Kier molecular flexibility index (Phi) is 3.20. The van der Waals surface area contributed by atoms with Crippen molar-refractivity contribution in [2.24, 2.45) is 0 Å². The fourth-order valence-electron chi connectivity index (χ4n) is 1.62. The summed E-state index contributed by atoms with van der Waals surface area (Å²) < 4.78 is 26.0. The number of pyridine rings is 1. The minimum absolute atomic E-state index is 0.115. The molecule has 2 N–H and O–H groups in total. The van der Waals surface area contributed by atoms with Crippen LogP contribution in [-0.4, -0.2) is 4.98 Å². The Balaban J connectivity index is 2.31. The lowest BCUT2D eigenvalue weighted by atomic mass is 10.1. The van der Waals surface area contributed by atoms with Gasteiger partial charge in [0.25, 0.3) is 0 Å². The number of rotatable bonds is 2. The van der Waals surface area contributed by atoms with Crippen molar-refractivity contribution in [2.75, 3.05) is 5.73 Å². The fourth-order valence-corrected chi connectivity index (χ4v) is 1.62. The van der Waals surface area contributed by atoms with E-state index in [2.05, 4.69) is 4.98 Å². The van der Waals surface area contributed by atoms with Gasteiger partial charge < -0.3 is 5.73 Å². The largest absolute Gasteiger partial charge is 0.396 e. The second-order valence-electron chi connectivity index (χ2n) is 3.81. The minimum Gasteiger partial charge on any atom is -0.396 e. The number of nitrogens with zero attached hydrogens (tertiary/aromatic N) is 2. The number of hydrogen-bond donors (Lipinski definition) is 1. The van der Waals surface area contributed by atoms with E-state index in [0.29, 0.717) is 11.3 Å². The van der Waals surface area contributed by atoms with Crippen LogP contribution in [-0.2, 0) is 6.42 Å². The van der Waals surface area contributed by atoms with Gasteiger partial charge in [0.2, 0.25) is 0 Å². The van der Waals surface area contributed by atoms with Crippen LogP contribution in [0, 0.1) is 23.0 Å². The Bertz CT molecular complexity index is 612. The van der Waals surface area contributed by atoms with Gasteiger partial charge in [-0.05, 0) is 29.8 Å². The third kappa shape index (κ3) is 2.61. The smallest absolute Gasteiger partial charge is 0.163 e. The molecule has 2 rings (SSSR count). The van der Waals surface area contributed by atoms with E-state index in [1.54, 1.807) is 12.1 Å². The number of nitriles is 1. The topological polar surface area (TPSA) is 62.7 Å². The second-order valence-corrected chi connectivity index (χ2v) is 3.81. The summed E-state index contributed by atoms with van der Waals surface area (Å²) in [5.74, 6) is -1.28. The van der Waals surface area contributed by atoms with Gasteiger partial charge in [0, 0.05) is 18.2 Å². The highest BCUT2D eigenvalue weighted by molar-refractivity contribution is 5.50. The summed E-state index contributed by atoms with van der Waals surface area (Å²) in [5, 5.41) is 8.78. The van der Waals surface area contributed by atoms with Crippen molar-refractivity contribution in [2.45, 2.75) is 6.42 Å². The molecular weight excluding hydrogens is 236 g/mol. The van der Waals surface area contributed by atoms with Crippen molar-refractivity contribution >= 4 is 5.69 Å². The average molecular weight is 245 g/mol. The highest BCUT2D eigenvalue weighted by atomic mass is 19.1. The lowest BCUT2D eigenvalue weighted by Crippen LogP contribution is -1.99. The Hall–Kier alpha value is -2.48. The number of nitrogen functional groups attached to an aromatic ring is 1. The molecule has 0 saturated heterocycles. The van der Waals surface area contributed by atoms with Gasteiger partial charge >= 0.3 is 0 Å².